The van der Waals surface area contributed by atoms with Crippen LogP contribution in [-0.4, -0.2) is 69.9 Å². The fourth-order valence-corrected chi connectivity index (χ4v) is 4.78. The monoisotopic (exact) mass is 469 g/mol. The predicted molar refractivity (Wildman–Crippen MR) is 118 cm³/mol. The molecule has 0 spiro atoms. The van der Waals surface area contributed by atoms with E-state index in [0.717, 1.165) is 9.99 Å². The Bertz CT molecular complexity index is 1030. The number of anilines is 1. The minimum Gasteiger partial charge on any atom is -0.492 e. The molecule has 0 saturated carbocycles. The highest BCUT2D eigenvalue weighted by molar-refractivity contribution is 7.89. The molecule has 7 nitrogen and oxygen atoms in total. The quantitative estimate of drug-likeness (QED) is 0.623. The molecule has 0 aromatic heterocycles. The summed E-state index contributed by atoms with van der Waals surface area (Å²) in [6.45, 7) is 4.03. The average molecular weight is 470 g/mol. The number of carbonyl (C=O) groups is 1. The molecular weight excluding hydrogens is 445 g/mol. The molecule has 1 heterocycles. The van der Waals surface area contributed by atoms with Gasteiger partial charge in [0, 0.05) is 38.9 Å². The summed E-state index contributed by atoms with van der Waals surface area (Å²) in [6.07, 6.45) is 0. The van der Waals surface area contributed by atoms with E-state index in [1.165, 1.54) is 37.4 Å². The Morgan fingerprint density at radius 2 is 1.77 bits per heavy atom. The molecule has 0 N–H and O–H groups in total. The third-order valence-electron chi connectivity index (χ3n) is 5.09. The number of sulfonamides is 1. The van der Waals surface area contributed by atoms with Gasteiger partial charge in [0.25, 0.3) is 0 Å². The normalized spacial score (nSPS) is 14.7. The number of ether oxygens (including phenoxy) is 1. The second-order valence-corrected chi connectivity index (χ2v) is 9.58. The number of carbonyl (C=O) groups excluding carboxylic acids is 1. The Hall–Kier alpha value is -2.36. The fourth-order valence-electron chi connectivity index (χ4n) is 3.34. The molecular formula is C21H25ClFN3O4S. The summed E-state index contributed by atoms with van der Waals surface area (Å²) < 4.78 is 45.2. The highest BCUT2D eigenvalue weighted by atomic mass is 35.5. The van der Waals surface area contributed by atoms with E-state index in [4.69, 9.17) is 16.3 Å². The lowest BCUT2D eigenvalue weighted by Gasteiger charge is -2.36. The van der Waals surface area contributed by atoms with E-state index in [1.807, 2.05) is 0 Å². The van der Waals surface area contributed by atoms with Crippen LogP contribution in [0.4, 0.5) is 10.1 Å². The first kappa shape index (κ1) is 23.3. The average Bonchev–Trinajstić information content (AvgIpc) is 2.75. The first-order valence-electron chi connectivity index (χ1n) is 9.89. The number of piperazine rings is 1. The van der Waals surface area contributed by atoms with E-state index >= 15 is 0 Å². The van der Waals surface area contributed by atoms with E-state index in [0.29, 0.717) is 38.5 Å². The van der Waals surface area contributed by atoms with Gasteiger partial charge >= 0.3 is 0 Å². The summed E-state index contributed by atoms with van der Waals surface area (Å²) in [4.78, 5) is 16.4. The molecule has 168 valence electrons. The zero-order chi connectivity index (χ0) is 22.6. The van der Waals surface area contributed by atoms with Gasteiger partial charge in [-0.05, 0) is 49.4 Å². The Kier molecular flexibility index (Phi) is 7.40. The van der Waals surface area contributed by atoms with Crippen molar-refractivity contribution in [3.8, 4) is 5.75 Å². The topological polar surface area (TPSA) is 70.2 Å². The molecule has 0 radical (unpaired) electrons. The van der Waals surface area contributed by atoms with Gasteiger partial charge in [-0.25, -0.2) is 12.8 Å². The first-order chi connectivity index (χ1) is 14.7. The number of likely N-dealkylation sites (N-methyl/N-ethyl adjacent to an activating group) is 1. The third-order valence-corrected chi connectivity index (χ3v) is 7.19. The predicted octanol–water partition coefficient (Wildman–Crippen LogP) is 2.85. The Morgan fingerprint density at radius 3 is 2.35 bits per heavy atom. The molecule has 0 atom stereocenters. The van der Waals surface area contributed by atoms with Crippen LogP contribution >= 0.6 is 11.6 Å². The van der Waals surface area contributed by atoms with Gasteiger partial charge in [-0.15, -0.1) is 0 Å². The Morgan fingerprint density at radius 1 is 1.13 bits per heavy atom. The molecule has 1 aliphatic heterocycles. The summed E-state index contributed by atoms with van der Waals surface area (Å²) in [7, 11) is -2.52. The smallest absolute Gasteiger partial charge is 0.243 e. The lowest BCUT2D eigenvalue weighted by Crippen LogP contribution is -2.51. The summed E-state index contributed by atoms with van der Waals surface area (Å²) in [5.41, 5.74) is 0.889. The zero-order valence-corrected chi connectivity index (χ0v) is 19.0. The summed E-state index contributed by atoms with van der Waals surface area (Å²) in [5, 5.41) is 0.194. The molecule has 3 rings (SSSR count). The van der Waals surface area contributed by atoms with Gasteiger partial charge in [0.15, 0.2) is 0 Å². The molecule has 1 saturated heterocycles. The molecule has 2 aromatic rings. The van der Waals surface area contributed by atoms with Gasteiger partial charge in [0.2, 0.25) is 15.9 Å². The second-order valence-electron chi connectivity index (χ2n) is 7.13. The lowest BCUT2D eigenvalue weighted by atomic mass is 10.2. The van der Waals surface area contributed by atoms with Gasteiger partial charge in [0.05, 0.1) is 23.1 Å². The molecule has 1 amide bonds. The molecule has 1 aliphatic rings. The van der Waals surface area contributed by atoms with E-state index < -0.39 is 10.0 Å². The van der Waals surface area contributed by atoms with Crippen LogP contribution < -0.4 is 9.64 Å². The summed E-state index contributed by atoms with van der Waals surface area (Å²) >= 11 is 6.11. The van der Waals surface area contributed by atoms with Crippen molar-refractivity contribution in [1.29, 1.82) is 0 Å². The van der Waals surface area contributed by atoms with Crippen LogP contribution in [0.15, 0.2) is 47.4 Å². The molecule has 0 bridgehead atoms. The van der Waals surface area contributed by atoms with E-state index in [2.05, 4.69) is 4.90 Å². The minimum absolute atomic E-state index is 0.00242. The van der Waals surface area contributed by atoms with Crippen LogP contribution in [0.25, 0.3) is 0 Å². The number of rotatable bonds is 7. The number of hydrogen-bond acceptors (Lipinski definition) is 5. The lowest BCUT2D eigenvalue weighted by molar-refractivity contribution is -0.131. The molecule has 0 unspecified atom stereocenters. The van der Waals surface area contributed by atoms with Gasteiger partial charge in [0.1, 0.15) is 11.6 Å². The van der Waals surface area contributed by atoms with Crippen molar-refractivity contribution in [2.45, 2.75) is 11.8 Å². The Balaban J connectivity index is 1.60. The van der Waals surface area contributed by atoms with E-state index in [-0.39, 0.29) is 28.2 Å². The van der Waals surface area contributed by atoms with Gasteiger partial charge in [-0.1, -0.05) is 11.6 Å². The second kappa shape index (κ2) is 9.84. The summed E-state index contributed by atoms with van der Waals surface area (Å²) in [6, 6.07) is 10.5. The van der Waals surface area contributed by atoms with Crippen molar-refractivity contribution in [1.82, 2.24) is 9.21 Å². The number of amides is 1. The standard InChI is InChI=1S/C21H25ClFN3O4S/c1-3-30-20-9-8-18(14-19(20)22)31(28,29)24(2)15-21(27)26-12-10-25(11-13-26)17-6-4-16(23)5-7-17/h4-9,14H,3,10-13,15H2,1-2H3. The van der Waals surface area contributed by atoms with Gasteiger partial charge in [-0.3, -0.25) is 4.79 Å². The maximum atomic E-state index is 13.1. The molecule has 1 fully saturated rings. The van der Waals surface area contributed by atoms with Crippen LogP contribution in [0.1, 0.15) is 6.92 Å². The fraction of sp³-hybridized carbons (Fsp3) is 0.381. The van der Waals surface area contributed by atoms with Crippen LogP contribution in [0.3, 0.4) is 0 Å². The van der Waals surface area contributed by atoms with Crippen LogP contribution in [0, 0.1) is 5.82 Å². The number of halogens is 2. The van der Waals surface area contributed by atoms with Crippen LogP contribution in [0.5, 0.6) is 5.75 Å². The van der Waals surface area contributed by atoms with Crippen molar-refractivity contribution < 1.29 is 22.3 Å². The molecule has 0 aliphatic carbocycles. The maximum Gasteiger partial charge on any atom is 0.243 e. The van der Waals surface area contributed by atoms with Crippen molar-refractivity contribution in [3.63, 3.8) is 0 Å². The van der Waals surface area contributed by atoms with Gasteiger partial charge < -0.3 is 14.5 Å². The van der Waals surface area contributed by atoms with Gasteiger partial charge in [-0.2, -0.15) is 4.31 Å². The highest BCUT2D eigenvalue weighted by Crippen LogP contribution is 2.28. The molecule has 10 heteroatoms. The third kappa shape index (κ3) is 5.47. The van der Waals surface area contributed by atoms with Crippen molar-refractivity contribution in [3.05, 3.63) is 53.3 Å². The van der Waals surface area contributed by atoms with Crippen molar-refractivity contribution in [2.24, 2.45) is 0 Å². The summed E-state index contributed by atoms with van der Waals surface area (Å²) in [5.74, 6) is -0.168. The first-order valence-corrected chi connectivity index (χ1v) is 11.7. The highest BCUT2D eigenvalue weighted by Gasteiger charge is 2.28. The molecule has 2 aromatic carbocycles. The van der Waals surface area contributed by atoms with Crippen molar-refractivity contribution in [2.75, 3.05) is 51.3 Å². The molecule has 31 heavy (non-hydrogen) atoms. The van der Waals surface area contributed by atoms with Crippen LogP contribution in [-0.2, 0) is 14.8 Å². The maximum absolute atomic E-state index is 13.1. The largest absolute Gasteiger partial charge is 0.492 e. The van der Waals surface area contributed by atoms with Crippen LogP contribution in [0.2, 0.25) is 5.02 Å². The Labute approximate surface area is 187 Å². The number of hydrogen-bond donors (Lipinski definition) is 0. The number of nitrogens with zero attached hydrogens (tertiary/aromatic N) is 3. The van der Waals surface area contributed by atoms with E-state index in [1.54, 1.807) is 24.0 Å². The van der Waals surface area contributed by atoms with E-state index in [9.17, 15) is 17.6 Å². The van der Waals surface area contributed by atoms with Crippen molar-refractivity contribution >= 4 is 33.2 Å². The minimum atomic E-state index is -3.88. The zero-order valence-electron chi connectivity index (χ0n) is 17.4. The SMILES string of the molecule is CCOc1ccc(S(=O)(=O)N(C)CC(=O)N2CCN(c3ccc(F)cc3)CC2)cc1Cl. The number of benzene rings is 2.